The monoisotopic (exact) mass is 230 g/mol. The summed E-state index contributed by atoms with van der Waals surface area (Å²) in [5, 5.41) is 2.09. The molecule has 0 bridgehead atoms. The van der Waals surface area contributed by atoms with Gasteiger partial charge in [-0.25, -0.2) is 0 Å². The normalized spacial score (nSPS) is 10.1. The highest BCUT2D eigenvalue weighted by molar-refractivity contribution is 7.98. The lowest BCUT2D eigenvalue weighted by atomic mass is 10.3. The highest BCUT2D eigenvalue weighted by Crippen LogP contribution is 2.16. The Morgan fingerprint density at radius 3 is 3.00 bits per heavy atom. The number of hydrogen-bond acceptors (Lipinski definition) is 4. The van der Waals surface area contributed by atoms with Crippen LogP contribution in [-0.2, 0) is 5.75 Å². The summed E-state index contributed by atoms with van der Waals surface area (Å²) in [7, 11) is 0. The van der Waals surface area contributed by atoms with E-state index < -0.39 is 0 Å². The van der Waals surface area contributed by atoms with Crippen molar-refractivity contribution in [2.24, 2.45) is 16.5 Å². The zero-order chi connectivity index (χ0) is 10.4. The lowest BCUT2D eigenvalue weighted by Gasteiger charge is -1.98. The molecule has 0 aliphatic rings. The van der Waals surface area contributed by atoms with Crippen LogP contribution in [0.3, 0.4) is 0 Å². The highest BCUT2D eigenvalue weighted by atomic mass is 32.2. The standard InChI is InChI=1S/C8H14N4S2/c1-6-7(5-14-12-6)4-13-3-2-11-8(9)10/h5H,2-4H2,1H3,(H4,9,10,11). The van der Waals surface area contributed by atoms with Crippen LogP contribution in [0.25, 0.3) is 0 Å². The molecule has 0 atom stereocenters. The van der Waals surface area contributed by atoms with Gasteiger partial charge in [0.05, 0.1) is 12.2 Å². The average Bonchev–Trinajstić information content (AvgIpc) is 2.51. The summed E-state index contributed by atoms with van der Waals surface area (Å²) in [6, 6.07) is 0. The van der Waals surface area contributed by atoms with E-state index in [2.05, 4.69) is 14.7 Å². The fourth-order valence-electron chi connectivity index (χ4n) is 0.873. The van der Waals surface area contributed by atoms with E-state index in [9.17, 15) is 0 Å². The molecule has 0 saturated heterocycles. The van der Waals surface area contributed by atoms with Crippen LogP contribution in [0.2, 0.25) is 0 Å². The fourth-order valence-corrected chi connectivity index (χ4v) is 2.56. The molecule has 0 fully saturated rings. The molecule has 14 heavy (non-hydrogen) atoms. The van der Waals surface area contributed by atoms with E-state index >= 15 is 0 Å². The van der Waals surface area contributed by atoms with Crippen LogP contribution in [-0.4, -0.2) is 22.6 Å². The Labute approximate surface area is 92.0 Å². The molecule has 4 N–H and O–H groups in total. The molecule has 0 radical (unpaired) electrons. The number of aryl methyl sites for hydroxylation is 1. The maximum atomic E-state index is 5.20. The van der Waals surface area contributed by atoms with E-state index in [-0.39, 0.29) is 5.96 Å². The molecule has 1 aromatic heterocycles. The fraction of sp³-hybridized carbons (Fsp3) is 0.500. The number of aliphatic imine (C=N–C) groups is 1. The van der Waals surface area contributed by atoms with Crippen molar-refractivity contribution in [2.75, 3.05) is 12.3 Å². The summed E-state index contributed by atoms with van der Waals surface area (Å²) in [5.41, 5.74) is 12.8. The molecule has 4 nitrogen and oxygen atoms in total. The molecular formula is C8H14N4S2. The molecule has 0 amide bonds. The number of hydrogen-bond donors (Lipinski definition) is 2. The second kappa shape index (κ2) is 5.87. The van der Waals surface area contributed by atoms with Gasteiger partial charge in [-0.15, -0.1) is 0 Å². The Balaban J connectivity index is 2.16. The zero-order valence-electron chi connectivity index (χ0n) is 8.06. The second-order valence-electron chi connectivity index (χ2n) is 2.78. The number of guanidine groups is 1. The Hall–Kier alpha value is -0.750. The van der Waals surface area contributed by atoms with E-state index in [1.807, 2.05) is 18.7 Å². The summed E-state index contributed by atoms with van der Waals surface area (Å²) < 4.78 is 4.20. The summed E-state index contributed by atoms with van der Waals surface area (Å²) in [6.45, 7) is 2.71. The van der Waals surface area contributed by atoms with Crippen LogP contribution >= 0.6 is 23.3 Å². The molecule has 1 rings (SSSR count). The number of nitrogens with zero attached hydrogens (tertiary/aromatic N) is 2. The van der Waals surface area contributed by atoms with Gasteiger partial charge in [0.25, 0.3) is 0 Å². The van der Waals surface area contributed by atoms with Crippen molar-refractivity contribution in [3.63, 3.8) is 0 Å². The van der Waals surface area contributed by atoms with E-state index in [1.165, 1.54) is 17.1 Å². The smallest absolute Gasteiger partial charge is 0.185 e. The number of aromatic nitrogens is 1. The van der Waals surface area contributed by atoms with Crippen LogP contribution in [0.4, 0.5) is 0 Å². The molecule has 6 heteroatoms. The minimum Gasteiger partial charge on any atom is -0.370 e. The van der Waals surface area contributed by atoms with Crippen molar-refractivity contribution in [2.45, 2.75) is 12.7 Å². The number of nitrogens with two attached hydrogens (primary N) is 2. The predicted octanol–water partition coefficient (Wildman–Crippen LogP) is 0.958. The first kappa shape index (κ1) is 11.3. The van der Waals surface area contributed by atoms with Gasteiger partial charge in [0.1, 0.15) is 0 Å². The summed E-state index contributed by atoms with van der Waals surface area (Å²) in [4.78, 5) is 3.90. The van der Waals surface area contributed by atoms with Crippen LogP contribution in [0.15, 0.2) is 10.4 Å². The van der Waals surface area contributed by atoms with Crippen LogP contribution < -0.4 is 11.5 Å². The van der Waals surface area contributed by atoms with Crippen molar-refractivity contribution >= 4 is 29.3 Å². The van der Waals surface area contributed by atoms with Gasteiger partial charge in [-0.3, -0.25) is 4.99 Å². The van der Waals surface area contributed by atoms with E-state index in [0.29, 0.717) is 6.54 Å². The minimum atomic E-state index is 0.166. The quantitative estimate of drug-likeness (QED) is 0.449. The van der Waals surface area contributed by atoms with Crippen molar-refractivity contribution < 1.29 is 0 Å². The maximum Gasteiger partial charge on any atom is 0.185 e. The Morgan fingerprint density at radius 1 is 1.64 bits per heavy atom. The molecule has 0 aliphatic carbocycles. The first-order valence-corrected chi connectivity index (χ1v) is 6.22. The third-order valence-electron chi connectivity index (χ3n) is 1.64. The van der Waals surface area contributed by atoms with Gasteiger partial charge in [0, 0.05) is 16.9 Å². The molecule has 0 saturated carbocycles. The molecule has 0 aromatic carbocycles. The largest absolute Gasteiger partial charge is 0.370 e. The van der Waals surface area contributed by atoms with E-state index in [4.69, 9.17) is 11.5 Å². The van der Waals surface area contributed by atoms with Gasteiger partial charge in [0.15, 0.2) is 5.96 Å². The molecule has 1 aromatic rings. The van der Waals surface area contributed by atoms with Gasteiger partial charge in [-0.1, -0.05) is 0 Å². The van der Waals surface area contributed by atoms with Gasteiger partial charge in [0.2, 0.25) is 0 Å². The molecule has 0 spiro atoms. The van der Waals surface area contributed by atoms with Gasteiger partial charge in [-0.05, 0) is 24.0 Å². The van der Waals surface area contributed by atoms with Gasteiger partial charge in [-0.2, -0.15) is 16.1 Å². The van der Waals surface area contributed by atoms with E-state index in [1.54, 1.807) is 0 Å². The van der Waals surface area contributed by atoms with Crippen molar-refractivity contribution in [1.82, 2.24) is 4.37 Å². The molecule has 78 valence electrons. The third kappa shape index (κ3) is 3.97. The summed E-state index contributed by atoms with van der Waals surface area (Å²) in [6.07, 6.45) is 0. The number of thioether (sulfide) groups is 1. The summed E-state index contributed by atoms with van der Waals surface area (Å²) in [5.74, 6) is 2.09. The van der Waals surface area contributed by atoms with Gasteiger partial charge >= 0.3 is 0 Å². The minimum absolute atomic E-state index is 0.166. The van der Waals surface area contributed by atoms with Crippen LogP contribution in [0, 0.1) is 6.92 Å². The molecule has 0 unspecified atom stereocenters. The van der Waals surface area contributed by atoms with Gasteiger partial charge < -0.3 is 11.5 Å². The number of rotatable bonds is 5. The third-order valence-corrected chi connectivity index (χ3v) is 3.39. The topological polar surface area (TPSA) is 77.3 Å². The SMILES string of the molecule is Cc1nscc1CSCCN=C(N)N. The van der Waals surface area contributed by atoms with Crippen molar-refractivity contribution in [3.8, 4) is 0 Å². The Kier molecular flexibility index (Phi) is 4.75. The molecular weight excluding hydrogens is 216 g/mol. The molecule has 0 aliphatic heterocycles. The van der Waals surface area contributed by atoms with Crippen LogP contribution in [0.1, 0.15) is 11.3 Å². The first-order valence-electron chi connectivity index (χ1n) is 4.23. The lowest BCUT2D eigenvalue weighted by molar-refractivity contribution is 1.12. The molecule has 1 heterocycles. The highest BCUT2D eigenvalue weighted by Gasteiger charge is 1.99. The van der Waals surface area contributed by atoms with Crippen molar-refractivity contribution in [3.05, 3.63) is 16.6 Å². The van der Waals surface area contributed by atoms with Crippen molar-refractivity contribution in [1.29, 1.82) is 0 Å². The van der Waals surface area contributed by atoms with Crippen LogP contribution in [0.5, 0.6) is 0 Å². The first-order chi connectivity index (χ1) is 6.70. The van der Waals surface area contributed by atoms with E-state index in [0.717, 1.165) is 17.2 Å². The Morgan fingerprint density at radius 2 is 2.43 bits per heavy atom. The average molecular weight is 230 g/mol. The zero-order valence-corrected chi connectivity index (χ0v) is 9.70. The lowest BCUT2D eigenvalue weighted by Crippen LogP contribution is -2.23. The Bertz CT molecular complexity index is 304. The maximum absolute atomic E-state index is 5.20. The second-order valence-corrected chi connectivity index (χ2v) is 4.52. The predicted molar refractivity (Wildman–Crippen MR) is 63.7 cm³/mol. The summed E-state index contributed by atoms with van der Waals surface area (Å²) >= 11 is 3.32.